The van der Waals surface area contributed by atoms with Crippen LogP contribution in [0, 0.1) is 5.82 Å². The number of amides is 1. The van der Waals surface area contributed by atoms with Crippen molar-refractivity contribution in [1.29, 1.82) is 0 Å². The summed E-state index contributed by atoms with van der Waals surface area (Å²) < 4.78 is 18.8. The van der Waals surface area contributed by atoms with Crippen molar-refractivity contribution in [1.82, 2.24) is 5.32 Å². The Hall–Kier alpha value is -2.05. The van der Waals surface area contributed by atoms with E-state index in [-0.39, 0.29) is 12.2 Å². The molecule has 0 aliphatic heterocycles. The second-order valence-corrected chi connectivity index (χ2v) is 6.94. The molecule has 0 spiro atoms. The lowest BCUT2D eigenvalue weighted by atomic mass is 10.1. The first kappa shape index (κ1) is 20.3. The predicted molar refractivity (Wildman–Crippen MR) is 102 cm³/mol. The van der Waals surface area contributed by atoms with Gasteiger partial charge >= 0.3 is 5.97 Å². The Bertz CT molecular complexity index is 755. The molecule has 0 saturated heterocycles. The zero-order chi connectivity index (χ0) is 18.9. The molecule has 4 nitrogen and oxygen atoms in total. The number of carbonyl (C=O) groups is 2. The second kappa shape index (κ2) is 10.2. The predicted octanol–water partition coefficient (Wildman–Crippen LogP) is 4.07. The number of carbonyl (C=O) groups excluding carboxylic acids is 2. The molecule has 0 aliphatic rings. The molecule has 0 aliphatic carbocycles. The van der Waals surface area contributed by atoms with Gasteiger partial charge in [0.2, 0.25) is 0 Å². The first-order valence-electron chi connectivity index (χ1n) is 7.96. The summed E-state index contributed by atoms with van der Waals surface area (Å²) in [5, 5.41) is 3.19. The molecule has 7 heteroatoms. The van der Waals surface area contributed by atoms with Gasteiger partial charge in [0.1, 0.15) is 18.5 Å². The van der Waals surface area contributed by atoms with Crippen LogP contribution < -0.4 is 5.32 Å². The highest BCUT2D eigenvalue weighted by Crippen LogP contribution is 2.12. The van der Waals surface area contributed by atoms with Gasteiger partial charge in [-0.25, -0.2) is 9.18 Å². The summed E-state index contributed by atoms with van der Waals surface area (Å²) in [6.07, 6.45) is 2.32. The van der Waals surface area contributed by atoms with E-state index in [0.717, 1.165) is 0 Å². The van der Waals surface area contributed by atoms with Gasteiger partial charge in [0.25, 0.3) is 5.91 Å². The summed E-state index contributed by atoms with van der Waals surface area (Å²) in [6, 6.07) is 11.6. The van der Waals surface area contributed by atoms with E-state index in [1.54, 1.807) is 54.2 Å². The van der Waals surface area contributed by atoms with Crippen LogP contribution in [0.5, 0.6) is 0 Å². The highest BCUT2D eigenvalue weighted by Gasteiger charge is 2.23. The van der Waals surface area contributed by atoms with Gasteiger partial charge in [-0.1, -0.05) is 29.8 Å². The maximum Gasteiger partial charge on any atom is 0.329 e. The zero-order valence-corrected chi connectivity index (χ0v) is 15.8. The Morgan fingerprint density at radius 1 is 1.19 bits per heavy atom. The Kier molecular flexibility index (Phi) is 7.94. The minimum Gasteiger partial charge on any atom is -0.459 e. The number of esters is 1. The van der Waals surface area contributed by atoms with Crippen LogP contribution in [0.3, 0.4) is 0 Å². The Morgan fingerprint density at radius 2 is 1.88 bits per heavy atom. The largest absolute Gasteiger partial charge is 0.459 e. The number of hydrogen-bond acceptors (Lipinski definition) is 4. The molecule has 0 unspecified atom stereocenters. The van der Waals surface area contributed by atoms with Crippen molar-refractivity contribution in [3.63, 3.8) is 0 Å². The Morgan fingerprint density at radius 3 is 2.54 bits per heavy atom. The van der Waals surface area contributed by atoms with E-state index >= 15 is 0 Å². The van der Waals surface area contributed by atoms with Gasteiger partial charge in [0.05, 0.1) is 0 Å². The molecule has 0 aromatic heterocycles. The average Bonchev–Trinajstić information content (AvgIpc) is 2.64. The van der Waals surface area contributed by atoms with E-state index in [9.17, 15) is 14.0 Å². The lowest BCUT2D eigenvalue weighted by Gasteiger charge is -2.17. The molecule has 0 fully saturated rings. The second-order valence-electron chi connectivity index (χ2n) is 5.51. The number of hydrogen-bond donors (Lipinski definition) is 1. The van der Waals surface area contributed by atoms with Gasteiger partial charge in [-0.3, -0.25) is 4.79 Å². The summed E-state index contributed by atoms with van der Waals surface area (Å²) in [5.41, 5.74) is 0.680. The summed E-state index contributed by atoms with van der Waals surface area (Å²) in [7, 11) is 0. The van der Waals surface area contributed by atoms with Gasteiger partial charge in [-0.2, -0.15) is 11.8 Å². The van der Waals surface area contributed by atoms with Crippen LogP contribution in [0.4, 0.5) is 4.39 Å². The summed E-state index contributed by atoms with van der Waals surface area (Å²) in [5.74, 6) is -0.758. The summed E-state index contributed by atoms with van der Waals surface area (Å²) >= 11 is 7.37. The van der Waals surface area contributed by atoms with Crippen molar-refractivity contribution >= 4 is 35.2 Å². The zero-order valence-electron chi connectivity index (χ0n) is 14.2. The van der Waals surface area contributed by atoms with Crippen LogP contribution in [0.25, 0.3) is 0 Å². The lowest BCUT2D eigenvalue weighted by molar-refractivity contribution is -0.147. The third-order valence-electron chi connectivity index (χ3n) is 3.63. The molecule has 26 heavy (non-hydrogen) atoms. The van der Waals surface area contributed by atoms with Crippen LogP contribution in [-0.4, -0.2) is 29.9 Å². The first-order valence-corrected chi connectivity index (χ1v) is 9.74. The highest BCUT2D eigenvalue weighted by molar-refractivity contribution is 7.98. The van der Waals surface area contributed by atoms with Crippen LogP contribution >= 0.6 is 23.4 Å². The van der Waals surface area contributed by atoms with Crippen molar-refractivity contribution in [3.8, 4) is 0 Å². The Balaban J connectivity index is 2.00. The number of benzene rings is 2. The monoisotopic (exact) mass is 395 g/mol. The fourth-order valence-corrected chi connectivity index (χ4v) is 2.79. The van der Waals surface area contributed by atoms with Crippen molar-refractivity contribution < 1.29 is 18.7 Å². The molecule has 2 rings (SSSR count). The summed E-state index contributed by atoms with van der Waals surface area (Å²) in [4.78, 5) is 24.7. The molecule has 1 atom stereocenters. The maximum absolute atomic E-state index is 13.6. The van der Waals surface area contributed by atoms with E-state index in [2.05, 4.69) is 5.32 Å². The van der Waals surface area contributed by atoms with Gasteiger partial charge in [-0.05, 0) is 48.8 Å². The minimum atomic E-state index is -0.808. The molecular formula is C19H19ClFNO3S. The lowest BCUT2D eigenvalue weighted by Crippen LogP contribution is -2.42. The standard InChI is InChI=1S/C19H19ClFNO3S/c1-26-11-10-17(22-18(23)13-6-8-15(20)9-7-13)19(24)25-12-14-4-2-3-5-16(14)21/h2-9,17H,10-12H2,1H3,(H,22,23)/t17-/m1/s1. The van der Waals surface area contributed by atoms with Crippen LogP contribution in [0.2, 0.25) is 5.02 Å². The average molecular weight is 396 g/mol. The first-order chi connectivity index (χ1) is 12.5. The number of rotatable bonds is 8. The number of nitrogens with one attached hydrogen (secondary N) is 1. The Labute approximate surface area is 161 Å². The third-order valence-corrected chi connectivity index (χ3v) is 4.53. The number of halogens is 2. The molecule has 0 saturated carbocycles. The SMILES string of the molecule is CSCC[C@@H](NC(=O)c1ccc(Cl)cc1)C(=O)OCc1ccccc1F. The van der Waals surface area contributed by atoms with E-state index in [1.165, 1.54) is 6.07 Å². The molecule has 138 valence electrons. The smallest absolute Gasteiger partial charge is 0.329 e. The molecule has 1 N–H and O–H groups in total. The molecule has 0 bridgehead atoms. The maximum atomic E-state index is 13.6. The molecular weight excluding hydrogens is 377 g/mol. The van der Waals surface area contributed by atoms with Gasteiger partial charge in [0, 0.05) is 16.1 Å². The normalized spacial score (nSPS) is 11.7. The summed E-state index contributed by atoms with van der Waals surface area (Å²) in [6.45, 7) is -0.182. The fraction of sp³-hybridized carbons (Fsp3) is 0.263. The van der Waals surface area contributed by atoms with Gasteiger partial charge in [-0.15, -0.1) is 0 Å². The fourth-order valence-electron chi connectivity index (χ4n) is 2.19. The van der Waals surface area contributed by atoms with E-state index in [4.69, 9.17) is 16.3 Å². The molecule has 1 amide bonds. The van der Waals surface area contributed by atoms with E-state index in [1.807, 2.05) is 6.26 Å². The van der Waals surface area contributed by atoms with Crippen LogP contribution in [-0.2, 0) is 16.1 Å². The molecule has 0 heterocycles. The van der Waals surface area contributed by atoms with E-state index < -0.39 is 23.7 Å². The molecule has 2 aromatic rings. The van der Waals surface area contributed by atoms with Crippen molar-refractivity contribution in [2.45, 2.75) is 19.1 Å². The minimum absolute atomic E-state index is 0.182. The third kappa shape index (κ3) is 6.04. The van der Waals surface area contributed by atoms with E-state index in [0.29, 0.717) is 22.8 Å². The highest BCUT2D eigenvalue weighted by atomic mass is 35.5. The van der Waals surface area contributed by atoms with Crippen molar-refractivity contribution in [2.75, 3.05) is 12.0 Å². The quantitative estimate of drug-likeness (QED) is 0.684. The number of ether oxygens (including phenoxy) is 1. The molecule has 0 radical (unpaired) electrons. The van der Waals surface area contributed by atoms with Crippen molar-refractivity contribution in [2.24, 2.45) is 0 Å². The van der Waals surface area contributed by atoms with Crippen molar-refractivity contribution in [3.05, 3.63) is 70.5 Å². The van der Waals surface area contributed by atoms with Crippen LogP contribution in [0.1, 0.15) is 22.3 Å². The number of thioether (sulfide) groups is 1. The van der Waals surface area contributed by atoms with Gasteiger partial charge < -0.3 is 10.1 Å². The topological polar surface area (TPSA) is 55.4 Å². The molecule has 2 aromatic carbocycles. The van der Waals surface area contributed by atoms with Gasteiger partial charge in [0.15, 0.2) is 0 Å². The van der Waals surface area contributed by atoms with Crippen LogP contribution in [0.15, 0.2) is 48.5 Å².